The number of aldehydes is 1. The van der Waals surface area contributed by atoms with Crippen LogP contribution in [0.3, 0.4) is 0 Å². The quantitative estimate of drug-likeness (QED) is 0.583. The Morgan fingerprint density at radius 1 is 1.27 bits per heavy atom. The van der Waals surface area contributed by atoms with E-state index in [9.17, 15) is 22.4 Å². The topological polar surface area (TPSA) is 73.8 Å². The summed E-state index contributed by atoms with van der Waals surface area (Å²) in [6.45, 7) is -1.33. The van der Waals surface area contributed by atoms with Gasteiger partial charge in [0.15, 0.2) is 6.29 Å². The Kier molecular flexibility index (Phi) is 3.01. The van der Waals surface area contributed by atoms with Crippen LogP contribution in [0.1, 0.15) is 10.4 Å². The molecule has 0 atom stereocenters. The van der Waals surface area contributed by atoms with Crippen molar-refractivity contribution in [1.29, 1.82) is 0 Å². The fraction of sp³-hybridized carbons (Fsp3) is 0.154. The van der Waals surface area contributed by atoms with Gasteiger partial charge in [0.25, 0.3) is 0 Å². The molecular weight excluding hydrogens is 304 g/mol. The molecule has 0 radical (unpaired) electrons. The predicted octanol–water partition coefficient (Wildman–Crippen LogP) is 2.68. The summed E-state index contributed by atoms with van der Waals surface area (Å²) in [7, 11) is 0. The maximum atomic E-state index is 13.6. The zero-order valence-corrected chi connectivity index (χ0v) is 10.9. The zero-order valence-electron chi connectivity index (χ0n) is 10.9. The number of nitrogens with two attached hydrogens (primary N) is 1. The molecule has 0 aliphatic carbocycles. The van der Waals surface area contributed by atoms with Gasteiger partial charge in [-0.2, -0.15) is 18.3 Å². The van der Waals surface area contributed by atoms with Crippen LogP contribution in [-0.4, -0.2) is 27.2 Å². The molecule has 0 bridgehead atoms. The zero-order chi connectivity index (χ0) is 16.1. The minimum absolute atomic E-state index is 0.0528. The number of carbonyl (C=O) groups excluding carboxylic acids is 1. The standard InChI is InChI=1S/C13H8F4N4O/c14-9-2-10-7(1-6(9)4-22)11-8(12(18)20-10)3-19-21(11)5-13(15,16)17/h1-4H,5H2,(H2,18,20). The third-order valence-corrected chi connectivity index (χ3v) is 3.18. The van der Waals surface area contributed by atoms with E-state index in [1.807, 2.05) is 0 Å². The lowest BCUT2D eigenvalue weighted by Crippen LogP contribution is -2.18. The predicted molar refractivity (Wildman–Crippen MR) is 70.8 cm³/mol. The highest BCUT2D eigenvalue weighted by Crippen LogP contribution is 2.31. The molecular formula is C13H8F4N4O. The van der Waals surface area contributed by atoms with E-state index in [0.29, 0.717) is 4.68 Å². The number of nitrogens with zero attached hydrogens (tertiary/aromatic N) is 3. The summed E-state index contributed by atoms with van der Waals surface area (Å²) in [5.74, 6) is -0.884. The van der Waals surface area contributed by atoms with Crippen LogP contribution in [0.2, 0.25) is 0 Å². The molecule has 3 rings (SSSR count). The Morgan fingerprint density at radius 3 is 2.64 bits per heavy atom. The molecule has 0 saturated heterocycles. The average Bonchev–Trinajstić information content (AvgIpc) is 2.81. The highest BCUT2D eigenvalue weighted by atomic mass is 19.4. The van der Waals surface area contributed by atoms with Gasteiger partial charge in [-0.05, 0) is 6.07 Å². The maximum Gasteiger partial charge on any atom is 0.408 e. The summed E-state index contributed by atoms with van der Waals surface area (Å²) in [5, 5.41) is 4.05. The fourth-order valence-corrected chi connectivity index (χ4v) is 2.29. The van der Waals surface area contributed by atoms with E-state index in [4.69, 9.17) is 5.73 Å². The number of anilines is 1. The molecule has 0 spiro atoms. The highest BCUT2D eigenvalue weighted by molar-refractivity contribution is 6.08. The first-order valence-electron chi connectivity index (χ1n) is 6.06. The lowest BCUT2D eigenvalue weighted by molar-refractivity contribution is -0.141. The lowest BCUT2D eigenvalue weighted by atomic mass is 10.1. The smallest absolute Gasteiger partial charge is 0.383 e. The minimum atomic E-state index is -4.49. The molecule has 0 aliphatic heterocycles. The number of rotatable bonds is 2. The first-order valence-corrected chi connectivity index (χ1v) is 6.06. The Labute approximate surface area is 120 Å². The Morgan fingerprint density at radius 2 is 2.00 bits per heavy atom. The molecule has 3 aromatic rings. The molecule has 2 aromatic heterocycles. The second-order valence-corrected chi connectivity index (χ2v) is 4.69. The van der Waals surface area contributed by atoms with E-state index < -0.39 is 18.5 Å². The van der Waals surface area contributed by atoms with Crippen molar-refractivity contribution in [1.82, 2.24) is 14.8 Å². The van der Waals surface area contributed by atoms with Gasteiger partial charge in [0.2, 0.25) is 0 Å². The van der Waals surface area contributed by atoms with Crippen molar-refractivity contribution < 1.29 is 22.4 Å². The van der Waals surface area contributed by atoms with Gasteiger partial charge in [-0.1, -0.05) is 0 Å². The molecule has 22 heavy (non-hydrogen) atoms. The number of aromatic nitrogens is 3. The van der Waals surface area contributed by atoms with E-state index >= 15 is 0 Å². The average molecular weight is 312 g/mol. The van der Waals surface area contributed by atoms with E-state index in [0.717, 1.165) is 18.3 Å². The van der Waals surface area contributed by atoms with Gasteiger partial charge < -0.3 is 5.73 Å². The van der Waals surface area contributed by atoms with Gasteiger partial charge in [0, 0.05) is 11.5 Å². The van der Waals surface area contributed by atoms with Crippen LogP contribution in [0.25, 0.3) is 21.8 Å². The van der Waals surface area contributed by atoms with E-state index in [1.165, 1.54) is 0 Å². The van der Waals surface area contributed by atoms with Crippen LogP contribution in [0.4, 0.5) is 23.4 Å². The molecule has 5 nitrogen and oxygen atoms in total. The van der Waals surface area contributed by atoms with Gasteiger partial charge in [-0.25, -0.2) is 9.37 Å². The molecule has 0 saturated carbocycles. The van der Waals surface area contributed by atoms with E-state index in [2.05, 4.69) is 10.1 Å². The van der Waals surface area contributed by atoms with Crippen molar-refractivity contribution in [2.75, 3.05) is 5.73 Å². The number of halogens is 4. The molecule has 114 valence electrons. The number of hydrogen-bond acceptors (Lipinski definition) is 4. The second-order valence-electron chi connectivity index (χ2n) is 4.69. The molecule has 0 aliphatic rings. The Balaban J connectivity index is 2.41. The number of hydrogen-bond donors (Lipinski definition) is 1. The monoisotopic (exact) mass is 312 g/mol. The van der Waals surface area contributed by atoms with Crippen molar-refractivity contribution in [2.24, 2.45) is 0 Å². The lowest BCUT2D eigenvalue weighted by Gasteiger charge is -2.10. The normalized spacial score (nSPS) is 12.2. The van der Waals surface area contributed by atoms with Crippen LogP contribution >= 0.6 is 0 Å². The van der Waals surface area contributed by atoms with Gasteiger partial charge in [-0.15, -0.1) is 0 Å². The molecule has 9 heteroatoms. The van der Waals surface area contributed by atoms with Gasteiger partial charge in [-0.3, -0.25) is 9.48 Å². The Hall–Kier alpha value is -2.71. The number of nitrogen functional groups attached to an aromatic ring is 1. The number of carbonyl (C=O) groups is 1. The SMILES string of the molecule is Nc1nc2cc(F)c(C=O)cc2c2c1cnn2CC(F)(F)F. The molecule has 2 N–H and O–H groups in total. The van der Waals surface area contributed by atoms with E-state index in [1.54, 1.807) is 0 Å². The molecule has 0 amide bonds. The maximum absolute atomic E-state index is 13.6. The van der Waals surface area contributed by atoms with Crippen molar-refractivity contribution in [3.8, 4) is 0 Å². The largest absolute Gasteiger partial charge is 0.408 e. The summed E-state index contributed by atoms with van der Waals surface area (Å²) in [4.78, 5) is 14.8. The van der Waals surface area contributed by atoms with Crippen molar-refractivity contribution in [3.63, 3.8) is 0 Å². The first-order chi connectivity index (χ1) is 10.3. The third kappa shape index (κ3) is 2.24. The summed E-state index contributed by atoms with van der Waals surface area (Å²) in [6, 6.07) is 2.10. The molecule has 0 unspecified atom stereocenters. The number of benzene rings is 1. The number of alkyl halides is 3. The van der Waals surface area contributed by atoms with Crippen LogP contribution in [0, 0.1) is 5.82 Å². The van der Waals surface area contributed by atoms with Gasteiger partial charge in [0.1, 0.15) is 18.2 Å². The van der Waals surface area contributed by atoms with Crippen molar-refractivity contribution in [2.45, 2.75) is 12.7 Å². The van der Waals surface area contributed by atoms with E-state index in [-0.39, 0.29) is 39.5 Å². The third-order valence-electron chi connectivity index (χ3n) is 3.18. The second kappa shape index (κ2) is 4.65. The number of pyridine rings is 1. The Bertz CT molecular complexity index is 901. The molecule has 2 heterocycles. The summed E-state index contributed by atoms with van der Waals surface area (Å²) >= 11 is 0. The van der Waals surface area contributed by atoms with Crippen molar-refractivity contribution >= 4 is 33.9 Å². The van der Waals surface area contributed by atoms with Crippen LogP contribution in [0.15, 0.2) is 18.3 Å². The first kappa shape index (κ1) is 14.2. The summed E-state index contributed by atoms with van der Waals surface area (Å²) in [6.07, 6.45) is -3.05. The van der Waals surface area contributed by atoms with Gasteiger partial charge in [0.05, 0.1) is 28.2 Å². The van der Waals surface area contributed by atoms with Crippen LogP contribution in [-0.2, 0) is 6.54 Å². The van der Waals surface area contributed by atoms with Crippen molar-refractivity contribution in [3.05, 3.63) is 29.7 Å². The van der Waals surface area contributed by atoms with Crippen LogP contribution < -0.4 is 5.73 Å². The molecule has 1 aromatic carbocycles. The number of fused-ring (bicyclic) bond motifs is 3. The summed E-state index contributed by atoms with van der Waals surface area (Å²) in [5.41, 5.74) is 5.52. The van der Waals surface area contributed by atoms with Crippen LogP contribution in [0.5, 0.6) is 0 Å². The molecule has 0 fully saturated rings. The summed E-state index contributed by atoms with van der Waals surface area (Å²) < 4.78 is 52.2. The highest BCUT2D eigenvalue weighted by Gasteiger charge is 2.30. The minimum Gasteiger partial charge on any atom is -0.383 e. The van der Waals surface area contributed by atoms with Gasteiger partial charge >= 0.3 is 6.18 Å². The fourth-order valence-electron chi connectivity index (χ4n) is 2.29.